The van der Waals surface area contributed by atoms with Gasteiger partial charge >= 0.3 is 6.18 Å². The van der Waals surface area contributed by atoms with E-state index >= 15 is 0 Å². The molecular weight excluding hydrogens is 261 g/mol. The Hall–Kier alpha value is -0.650. The van der Waals surface area contributed by atoms with E-state index in [0.29, 0.717) is 5.69 Å². The van der Waals surface area contributed by atoms with E-state index in [9.17, 15) is 13.2 Å². The van der Waals surface area contributed by atoms with E-state index in [2.05, 4.69) is 25.9 Å². The van der Waals surface area contributed by atoms with Gasteiger partial charge in [0, 0.05) is 5.69 Å². The molecule has 0 bridgehead atoms. The summed E-state index contributed by atoms with van der Waals surface area (Å²) in [7, 11) is 0. The van der Waals surface area contributed by atoms with E-state index in [0.717, 1.165) is 0 Å². The topological polar surface area (TPSA) is 25.8 Å². The molecule has 0 spiro atoms. The van der Waals surface area contributed by atoms with Crippen molar-refractivity contribution in [1.29, 1.82) is 0 Å². The molecule has 0 aliphatic heterocycles. The molecule has 1 aromatic rings. The van der Waals surface area contributed by atoms with Crippen LogP contribution in [0.1, 0.15) is 31.3 Å². The molecule has 1 aromatic heterocycles. The molecule has 0 radical (unpaired) electrons. The van der Waals surface area contributed by atoms with Gasteiger partial charge in [-0.1, -0.05) is 13.8 Å². The van der Waals surface area contributed by atoms with Gasteiger partial charge in [0.05, 0.1) is 0 Å². The van der Waals surface area contributed by atoms with E-state index in [-0.39, 0.29) is 10.5 Å². The molecule has 0 unspecified atom stereocenters. The Labute approximate surface area is 87.7 Å². The Bertz CT molecular complexity index is 336. The maximum Gasteiger partial charge on any atom is 0.451 e. The standard InChI is InChI=1S/C8H8BrF3N2/c1-4(2)5-3-6(9)14-7(13-5)8(10,11)12/h3-4H,1-2H3. The number of alkyl halides is 3. The number of hydrogen-bond donors (Lipinski definition) is 0. The molecule has 6 heteroatoms. The van der Waals surface area contributed by atoms with Gasteiger partial charge in [-0.3, -0.25) is 0 Å². The highest BCUT2D eigenvalue weighted by atomic mass is 79.9. The normalized spacial score (nSPS) is 12.2. The van der Waals surface area contributed by atoms with Crippen LogP contribution < -0.4 is 0 Å². The molecule has 0 aliphatic carbocycles. The first kappa shape index (κ1) is 11.4. The molecule has 14 heavy (non-hydrogen) atoms. The minimum Gasteiger partial charge on any atom is -0.229 e. The third-order valence-electron chi connectivity index (χ3n) is 1.56. The second kappa shape index (κ2) is 3.84. The first-order valence-electron chi connectivity index (χ1n) is 3.92. The first-order chi connectivity index (χ1) is 6.30. The van der Waals surface area contributed by atoms with Gasteiger partial charge in [0.1, 0.15) is 4.60 Å². The number of hydrogen-bond acceptors (Lipinski definition) is 2. The van der Waals surface area contributed by atoms with Gasteiger partial charge in [-0.15, -0.1) is 0 Å². The molecule has 0 N–H and O–H groups in total. The van der Waals surface area contributed by atoms with Crippen LogP contribution in [0.2, 0.25) is 0 Å². The van der Waals surface area contributed by atoms with Crippen molar-refractivity contribution in [2.75, 3.05) is 0 Å². The molecule has 0 fully saturated rings. The molecule has 0 saturated carbocycles. The molecule has 0 aromatic carbocycles. The molecular formula is C8H8BrF3N2. The monoisotopic (exact) mass is 268 g/mol. The Morgan fingerprint density at radius 1 is 1.29 bits per heavy atom. The number of rotatable bonds is 1. The highest BCUT2D eigenvalue weighted by molar-refractivity contribution is 9.10. The van der Waals surface area contributed by atoms with Gasteiger partial charge in [-0.05, 0) is 27.9 Å². The van der Waals surface area contributed by atoms with Gasteiger partial charge in [0.2, 0.25) is 5.82 Å². The summed E-state index contributed by atoms with van der Waals surface area (Å²) in [5.41, 5.74) is 0.374. The van der Waals surface area contributed by atoms with Crippen molar-refractivity contribution in [3.05, 3.63) is 22.2 Å². The Kier molecular flexibility index (Phi) is 3.14. The molecule has 1 heterocycles. The van der Waals surface area contributed by atoms with Gasteiger partial charge < -0.3 is 0 Å². The second-order valence-corrected chi connectivity index (χ2v) is 3.90. The lowest BCUT2D eigenvalue weighted by Crippen LogP contribution is -2.13. The molecule has 1 rings (SSSR count). The fourth-order valence-electron chi connectivity index (χ4n) is 0.858. The lowest BCUT2D eigenvalue weighted by Gasteiger charge is -2.09. The third kappa shape index (κ3) is 2.67. The lowest BCUT2D eigenvalue weighted by molar-refractivity contribution is -0.145. The first-order valence-corrected chi connectivity index (χ1v) is 4.71. The summed E-state index contributed by atoms with van der Waals surface area (Å²) < 4.78 is 37.0. The summed E-state index contributed by atoms with van der Waals surface area (Å²) in [5, 5.41) is 0. The maximum absolute atomic E-state index is 12.3. The van der Waals surface area contributed by atoms with E-state index in [1.165, 1.54) is 6.07 Å². The predicted molar refractivity (Wildman–Crippen MR) is 48.8 cm³/mol. The summed E-state index contributed by atoms with van der Waals surface area (Å²) in [6.45, 7) is 3.55. The summed E-state index contributed by atoms with van der Waals surface area (Å²) in [4.78, 5) is 6.71. The average Bonchev–Trinajstić information content (AvgIpc) is 2.01. The van der Waals surface area contributed by atoms with Crippen LogP contribution in [0, 0.1) is 0 Å². The van der Waals surface area contributed by atoms with Crippen LogP contribution in [0.25, 0.3) is 0 Å². The zero-order valence-corrected chi connectivity index (χ0v) is 9.15. The van der Waals surface area contributed by atoms with Gasteiger partial charge in [-0.2, -0.15) is 13.2 Å². The van der Waals surface area contributed by atoms with Gasteiger partial charge in [0.15, 0.2) is 0 Å². The van der Waals surface area contributed by atoms with Crippen molar-refractivity contribution < 1.29 is 13.2 Å². The Morgan fingerprint density at radius 3 is 2.29 bits per heavy atom. The highest BCUT2D eigenvalue weighted by Crippen LogP contribution is 2.28. The summed E-state index contributed by atoms with van der Waals surface area (Å²) in [6, 6.07) is 1.49. The number of nitrogens with zero attached hydrogens (tertiary/aromatic N) is 2. The SMILES string of the molecule is CC(C)c1cc(Br)nc(C(F)(F)F)n1. The quantitative estimate of drug-likeness (QED) is 0.730. The van der Waals surface area contributed by atoms with Crippen LogP contribution in [0.15, 0.2) is 10.7 Å². The van der Waals surface area contributed by atoms with Crippen LogP contribution in [-0.2, 0) is 6.18 Å². The van der Waals surface area contributed by atoms with Gasteiger partial charge in [0.25, 0.3) is 0 Å². The van der Waals surface area contributed by atoms with Gasteiger partial charge in [-0.25, -0.2) is 9.97 Å². The molecule has 0 amide bonds. The average molecular weight is 269 g/mol. The zero-order valence-electron chi connectivity index (χ0n) is 7.56. The smallest absolute Gasteiger partial charge is 0.229 e. The molecule has 0 aliphatic rings. The fraction of sp³-hybridized carbons (Fsp3) is 0.500. The predicted octanol–water partition coefficient (Wildman–Crippen LogP) is 3.38. The van der Waals surface area contributed by atoms with E-state index in [4.69, 9.17) is 0 Å². The summed E-state index contributed by atoms with van der Waals surface area (Å²) >= 11 is 2.92. The van der Waals surface area contributed by atoms with Crippen LogP contribution >= 0.6 is 15.9 Å². The van der Waals surface area contributed by atoms with E-state index < -0.39 is 12.0 Å². The van der Waals surface area contributed by atoms with E-state index in [1.807, 2.05) is 0 Å². The van der Waals surface area contributed by atoms with Crippen molar-refractivity contribution in [2.45, 2.75) is 25.9 Å². The summed E-state index contributed by atoms with van der Waals surface area (Å²) in [6.07, 6.45) is -4.49. The van der Waals surface area contributed by atoms with Crippen molar-refractivity contribution in [2.24, 2.45) is 0 Å². The lowest BCUT2D eigenvalue weighted by atomic mass is 10.1. The minimum absolute atomic E-state index is 0.0598. The fourth-order valence-corrected chi connectivity index (χ4v) is 1.26. The summed E-state index contributed by atoms with van der Waals surface area (Å²) in [5.74, 6) is -1.16. The maximum atomic E-state index is 12.3. The number of halogens is 4. The van der Waals surface area contributed by atoms with Crippen molar-refractivity contribution in [3.63, 3.8) is 0 Å². The van der Waals surface area contributed by atoms with Crippen LogP contribution in [0.4, 0.5) is 13.2 Å². The molecule has 78 valence electrons. The van der Waals surface area contributed by atoms with E-state index in [1.54, 1.807) is 13.8 Å². The van der Waals surface area contributed by atoms with Crippen molar-refractivity contribution in [1.82, 2.24) is 9.97 Å². The highest BCUT2D eigenvalue weighted by Gasteiger charge is 2.35. The Balaban J connectivity index is 3.21. The van der Waals surface area contributed by atoms with Crippen LogP contribution in [0.5, 0.6) is 0 Å². The largest absolute Gasteiger partial charge is 0.451 e. The van der Waals surface area contributed by atoms with Crippen molar-refractivity contribution in [3.8, 4) is 0 Å². The number of aromatic nitrogens is 2. The van der Waals surface area contributed by atoms with Crippen LogP contribution in [-0.4, -0.2) is 9.97 Å². The minimum atomic E-state index is -4.49. The Morgan fingerprint density at radius 2 is 1.86 bits per heavy atom. The molecule has 0 atom stereocenters. The van der Waals surface area contributed by atoms with Crippen LogP contribution in [0.3, 0.4) is 0 Å². The second-order valence-electron chi connectivity index (χ2n) is 3.09. The third-order valence-corrected chi connectivity index (χ3v) is 1.97. The molecule has 2 nitrogen and oxygen atoms in total. The zero-order chi connectivity index (χ0) is 10.9. The molecule has 0 saturated heterocycles. The van der Waals surface area contributed by atoms with Crippen molar-refractivity contribution >= 4 is 15.9 Å².